The van der Waals surface area contributed by atoms with Crippen LogP contribution in [0.5, 0.6) is 0 Å². The second-order valence-electron chi connectivity index (χ2n) is 3.54. The molecule has 0 radical (unpaired) electrons. The molecule has 0 saturated carbocycles. The van der Waals surface area contributed by atoms with Gasteiger partial charge < -0.3 is 5.32 Å². The number of nitrogens with one attached hydrogen (secondary N) is 1. The molecule has 0 bridgehead atoms. The van der Waals surface area contributed by atoms with Gasteiger partial charge >= 0.3 is 0 Å². The first-order valence-electron chi connectivity index (χ1n) is 4.30. The summed E-state index contributed by atoms with van der Waals surface area (Å²) in [5.74, 6) is 0.849. The molecule has 0 amide bonds. The SMILES string of the molecule is CSC(C)(C)CNc1ncncc1Br. The molecule has 1 heterocycles. The highest BCUT2D eigenvalue weighted by Gasteiger charge is 2.15. The molecule has 0 atom stereocenters. The van der Waals surface area contributed by atoms with Crippen molar-refractivity contribution >= 4 is 33.5 Å². The van der Waals surface area contributed by atoms with E-state index in [9.17, 15) is 0 Å². The number of hydrogen-bond donors (Lipinski definition) is 1. The summed E-state index contributed by atoms with van der Waals surface area (Å²) < 4.78 is 1.11. The lowest BCUT2D eigenvalue weighted by molar-refractivity contribution is 0.749. The van der Waals surface area contributed by atoms with Crippen molar-refractivity contribution in [3.63, 3.8) is 0 Å². The third-order valence-electron chi connectivity index (χ3n) is 1.90. The lowest BCUT2D eigenvalue weighted by Crippen LogP contribution is -2.26. The average Bonchev–Trinajstić information content (AvgIpc) is 2.17. The summed E-state index contributed by atoms with van der Waals surface area (Å²) in [6.45, 7) is 5.27. The van der Waals surface area contributed by atoms with Crippen LogP contribution < -0.4 is 5.32 Å². The van der Waals surface area contributed by atoms with Crippen LogP contribution in [-0.4, -0.2) is 27.5 Å². The summed E-state index contributed by atoms with van der Waals surface area (Å²) in [6, 6.07) is 0. The van der Waals surface area contributed by atoms with E-state index in [1.165, 1.54) is 0 Å². The van der Waals surface area contributed by atoms with Crippen LogP contribution in [0.25, 0.3) is 0 Å². The van der Waals surface area contributed by atoms with E-state index < -0.39 is 0 Å². The molecule has 0 aliphatic rings. The van der Waals surface area contributed by atoms with Gasteiger partial charge in [-0.25, -0.2) is 9.97 Å². The van der Waals surface area contributed by atoms with Crippen LogP contribution in [0.15, 0.2) is 17.0 Å². The first-order chi connectivity index (χ1) is 6.55. The molecule has 0 saturated heterocycles. The normalized spacial score (nSPS) is 11.4. The molecule has 0 aliphatic heterocycles. The van der Waals surface area contributed by atoms with Crippen LogP contribution in [-0.2, 0) is 0 Å². The van der Waals surface area contributed by atoms with Gasteiger partial charge in [0.15, 0.2) is 0 Å². The maximum atomic E-state index is 4.14. The van der Waals surface area contributed by atoms with Crippen molar-refractivity contribution in [1.82, 2.24) is 9.97 Å². The van der Waals surface area contributed by atoms with E-state index in [4.69, 9.17) is 0 Å². The second kappa shape index (κ2) is 4.98. The molecule has 5 heteroatoms. The van der Waals surface area contributed by atoms with Gasteiger partial charge in [-0.3, -0.25) is 0 Å². The van der Waals surface area contributed by atoms with E-state index in [-0.39, 0.29) is 4.75 Å². The molecule has 1 aromatic rings. The summed E-state index contributed by atoms with van der Waals surface area (Å²) in [5, 5.41) is 3.29. The van der Waals surface area contributed by atoms with Gasteiger partial charge in [0, 0.05) is 17.5 Å². The van der Waals surface area contributed by atoms with Crippen LogP contribution in [0.3, 0.4) is 0 Å². The first kappa shape index (κ1) is 11.8. The number of aromatic nitrogens is 2. The number of thioether (sulfide) groups is 1. The van der Waals surface area contributed by atoms with Crippen LogP contribution in [0.1, 0.15) is 13.8 Å². The molecule has 0 aromatic carbocycles. The third kappa shape index (κ3) is 3.46. The van der Waals surface area contributed by atoms with Crippen LogP contribution in [0, 0.1) is 0 Å². The van der Waals surface area contributed by atoms with Gasteiger partial charge in [-0.05, 0) is 36.0 Å². The van der Waals surface area contributed by atoms with Crippen molar-refractivity contribution in [3.8, 4) is 0 Å². The fraction of sp³-hybridized carbons (Fsp3) is 0.556. The lowest BCUT2D eigenvalue weighted by atomic mass is 10.2. The number of nitrogens with zero attached hydrogens (tertiary/aromatic N) is 2. The monoisotopic (exact) mass is 275 g/mol. The van der Waals surface area contributed by atoms with Gasteiger partial charge in [0.25, 0.3) is 0 Å². The predicted molar refractivity (Wildman–Crippen MR) is 65.8 cm³/mol. The van der Waals surface area contributed by atoms with E-state index in [0.717, 1.165) is 16.8 Å². The van der Waals surface area contributed by atoms with Gasteiger partial charge in [0.1, 0.15) is 12.1 Å². The molecular weight excluding hydrogens is 262 g/mol. The number of anilines is 1. The molecule has 1 aromatic heterocycles. The second-order valence-corrected chi connectivity index (χ2v) is 5.90. The molecule has 0 unspecified atom stereocenters. The van der Waals surface area contributed by atoms with Crippen molar-refractivity contribution in [1.29, 1.82) is 0 Å². The zero-order valence-electron chi connectivity index (χ0n) is 8.54. The number of halogens is 1. The van der Waals surface area contributed by atoms with Gasteiger partial charge in [-0.15, -0.1) is 0 Å². The Kier molecular flexibility index (Phi) is 4.19. The maximum absolute atomic E-state index is 4.14. The molecule has 1 rings (SSSR count). The lowest BCUT2D eigenvalue weighted by Gasteiger charge is -2.22. The highest BCUT2D eigenvalue weighted by Crippen LogP contribution is 2.23. The van der Waals surface area contributed by atoms with Crippen molar-refractivity contribution in [2.24, 2.45) is 0 Å². The molecule has 0 spiro atoms. The molecule has 0 aliphatic carbocycles. The Balaban J connectivity index is 2.58. The van der Waals surface area contributed by atoms with Gasteiger partial charge in [0.2, 0.25) is 0 Å². The molecular formula is C9H14BrN3S. The largest absolute Gasteiger partial charge is 0.368 e. The fourth-order valence-electron chi connectivity index (χ4n) is 0.811. The van der Waals surface area contributed by atoms with Gasteiger partial charge in [-0.1, -0.05) is 0 Å². The van der Waals surface area contributed by atoms with Gasteiger partial charge in [0.05, 0.1) is 4.47 Å². The molecule has 1 N–H and O–H groups in total. The highest BCUT2D eigenvalue weighted by molar-refractivity contribution is 9.10. The Hall–Kier alpha value is -0.290. The van der Waals surface area contributed by atoms with E-state index in [1.807, 2.05) is 11.8 Å². The Morgan fingerprint density at radius 3 is 2.86 bits per heavy atom. The number of rotatable bonds is 4. The summed E-state index contributed by atoms with van der Waals surface area (Å²) in [6.07, 6.45) is 5.39. The standard InChI is InChI=1S/C9H14BrN3S/c1-9(2,14-3)5-12-8-7(10)4-11-6-13-8/h4,6H,5H2,1-3H3,(H,11,12,13). The number of hydrogen-bond acceptors (Lipinski definition) is 4. The van der Waals surface area contributed by atoms with Crippen molar-refractivity contribution in [2.75, 3.05) is 18.1 Å². The van der Waals surface area contributed by atoms with E-state index in [0.29, 0.717) is 0 Å². The van der Waals surface area contributed by atoms with E-state index in [2.05, 4.69) is 51.3 Å². The summed E-state index contributed by atoms with van der Waals surface area (Å²) in [7, 11) is 0. The predicted octanol–water partition coefficient (Wildman–Crippen LogP) is 2.79. The molecule has 14 heavy (non-hydrogen) atoms. The molecule has 78 valence electrons. The van der Waals surface area contributed by atoms with Gasteiger partial charge in [-0.2, -0.15) is 11.8 Å². The van der Waals surface area contributed by atoms with Crippen LogP contribution in [0.2, 0.25) is 0 Å². The zero-order valence-corrected chi connectivity index (χ0v) is 10.9. The molecule has 0 fully saturated rings. The van der Waals surface area contributed by atoms with Crippen molar-refractivity contribution in [2.45, 2.75) is 18.6 Å². The minimum absolute atomic E-state index is 0.213. The maximum Gasteiger partial charge on any atom is 0.143 e. The Morgan fingerprint density at radius 1 is 1.57 bits per heavy atom. The quantitative estimate of drug-likeness (QED) is 0.917. The van der Waals surface area contributed by atoms with Crippen LogP contribution >= 0.6 is 27.7 Å². The smallest absolute Gasteiger partial charge is 0.143 e. The zero-order chi connectivity index (χ0) is 10.6. The van der Waals surface area contributed by atoms with Crippen molar-refractivity contribution in [3.05, 3.63) is 17.0 Å². The summed E-state index contributed by atoms with van der Waals surface area (Å²) >= 11 is 5.22. The summed E-state index contributed by atoms with van der Waals surface area (Å²) in [5.41, 5.74) is 0. The minimum Gasteiger partial charge on any atom is -0.368 e. The van der Waals surface area contributed by atoms with Crippen LogP contribution in [0.4, 0.5) is 5.82 Å². The van der Waals surface area contributed by atoms with Crippen molar-refractivity contribution < 1.29 is 0 Å². The first-order valence-corrected chi connectivity index (χ1v) is 6.31. The minimum atomic E-state index is 0.213. The highest BCUT2D eigenvalue weighted by atomic mass is 79.9. The topological polar surface area (TPSA) is 37.8 Å². The Bertz CT molecular complexity index is 304. The average molecular weight is 276 g/mol. The summed E-state index contributed by atoms with van der Waals surface area (Å²) in [4.78, 5) is 8.04. The molecule has 3 nitrogen and oxygen atoms in total. The Labute approximate surface area is 97.2 Å². The van der Waals surface area contributed by atoms with E-state index in [1.54, 1.807) is 12.5 Å². The van der Waals surface area contributed by atoms with E-state index >= 15 is 0 Å². The Morgan fingerprint density at radius 2 is 2.29 bits per heavy atom. The third-order valence-corrected chi connectivity index (χ3v) is 3.73. The fourth-order valence-corrected chi connectivity index (χ4v) is 1.39.